The van der Waals surface area contributed by atoms with Crippen LogP contribution in [-0.4, -0.2) is 4.98 Å². The van der Waals surface area contributed by atoms with Gasteiger partial charge in [0.1, 0.15) is 4.60 Å². The second-order valence-corrected chi connectivity index (χ2v) is 4.80. The number of rotatable bonds is 2. The van der Waals surface area contributed by atoms with Crippen molar-refractivity contribution in [3.8, 4) is 0 Å². The number of hydrogen-bond donors (Lipinski definition) is 1. The summed E-state index contributed by atoms with van der Waals surface area (Å²) in [6.45, 7) is 0. The smallest absolute Gasteiger partial charge is 0.106 e. The molecule has 1 aliphatic rings. The Hall–Kier alpha value is -0.120. The predicted molar refractivity (Wildman–Crippen MR) is 68.1 cm³/mol. The van der Waals surface area contributed by atoms with Gasteiger partial charge >= 0.3 is 0 Å². The lowest BCUT2D eigenvalue weighted by molar-refractivity contribution is 0.444. The first kappa shape index (κ1) is 12.9. The van der Waals surface area contributed by atoms with E-state index in [1.54, 1.807) is 0 Å². The summed E-state index contributed by atoms with van der Waals surface area (Å²) in [5.74, 6) is 0.665. The van der Waals surface area contributed by atoms with E-state index in [4.69, 9.17) is 5.73 Å². The lowest BCUT2D eigenvalue weighted by Gasteiger charge is -2.18. The minimum atomic E-state index is 0. The van der Waals surface area contributed by atoms with Crippen LogP contribution < -0.4 is 5.73 Å². The van der Waals surface area contributed by atoms with E-state index in [1.165, 1.54) is 31.2 Å². The summed E-state index contributed by atoms with van der Waals surface area (Å²) in [5.41, 5.74) is 7.36. The Morgan fingerprint density at radius 3 is 2.53 bits per heavy atom. The molecule has 0 unspecified atom stereocenters. The number of aromatic nitrogens is 1. The van der Waals surface area contributed by atoms with E-state index < -0.39 is 0 Å². The molecule has 0 bridgehead atoms. The van der Waals surface area contributed by atoms with Crippen LogP contribution in [0.15, 0.2) is 22.9 Å². The van der Waals surface area contributed by atoms with Gasteiger partial charge in [-0.1, -0.05) is 18.9 Å². The molecule has 1 fully saturated rings. The molecule has 84 valence electrons. The van der Waals surface area contributed by atoms with E-state index in [0.717, 1.165) is 4.60 Å². The zero-order valence-electron chi connectivity index (χ0n) is 8.53. The van der Waals surface area contributed by atoms with Gasteiger partial charge in [0.05, 0.1) is 0 Å². The molecule has 0 aliphatic heterocycles. The monoisotopic (exact) mass is 290 g/mol. The quantitative estimate of drug-likeness (QED) is 0.848. The van der Waals surface area contributed by atoms with Gasteiger partial charge in [0.25, 0.3) is 0 Å². The summed E-state index contributed by atoms with van der Waals surface area (Å²) >= 11 is 3.33. The maximum atomic E-state index is 6.20. The van der Waals surface area contributed by atoms with Gasteiger partial charge in [-0.3, -0.25) is 0 Å². The average Bonchev–Trinajstić information content (AvgIpc) is 2.71. The van der Waals surface area contributed by atoms with Crippen molar-refractivity contribution in [2.45, 2.75) is 31.7 Å². The van der Waals surface area contributed by atoms with E-state index in [0.29, 0.717) is 5.92 Å². The Kier molecular flexibility index (Phi) is 5.03. The SMILES string of the molecule is Cl.N[C@@H](c1ccc(Br)nc1)C1CCCC1. The van der Waals surface area contributed by atoms with Crippen molar-refractivity contribution in [1.29, 1.82) is 0 Å². The lowest BCUT2D eigenvalue weighted by atomic mass is 9.94. The van der Waals surface area contributed by atoms with E-state index in [9.17, 15) is 0 Å². The molecule has 2 N–H and O–H groups in total. The van der Waals surface area contributed by atoms with Crippen molar-refractivity contribution in [2.75, 3.05) is 0 Å². The highest BCUT2D eigenvalue weighted by atomic mass is 79.9. The molecular formula is C11H16BrClN2. The molecule has 0 amide bonds. The van der Waals surface area contributed by atoms with Gasteiger partial charge in [-0.05, 0) is 46.3 Å². The number of nitrogens with zero attached hydrogens (tertiary/aromatic N) is 1. The third-order valence-electron chi connectivity index (χ3n) is 3.04. The highest BCUT2D eigenvalue weighted by Crippen LogP contribution is 2.33. The molecule has 0 saturated heterocycles. The first-order valence-corrected chi connectivity index (χ1v) is 5.93. The van der Waals surface area contributed by atoms with Gasteiger partial charge in [0.2, 0.25) is 0 Å². The zero-order chi connectivity index (χ0) is 9.97. The van der Waals surface area contributed by atoms with Gasteiger partial charge in [-0.15, -0.1) is 12.4 Å². The maximum Gasteiger partial charge on any atom is 0.106 e. The highest BCUT2D eigenvalue weighted by Gasteiger charge is 2.23. The number of halogens is 2. The normalized spacial score (nSPS) is 18.5. The van der Waals surface area contributed by atoms with Crippen LogP contribution in [0.5, 0.6) is 0 Å². The summed E-state index contributed by atoms with van der Waals surface area (Å²) in [6.07, 6.45) is 7.10. The first-order valence-electron chi connectivity index (χ1n) is 5.14. The molecule has 0 spiro atoms. The molecule has 0 aromatic carbocycles. The van der Waals surface area contributed by atoms with Crippen molar-refractivity contribution in [2.24, 2.45) is 11.7 Å². The molecule has 1 aromatic rings. The minimum absolute atomic E-state index is 0. The van der Waals surface area contributed by atoms with E-state index in [1.807, 2.05) is 12.3 Å². The Morgan fingerprint density at radius 1 is 1.33 bits per heavy atom. The van der Waals surface area contributed by atoms with E-state index in [2.05, 4.69) is 27.0 Å². The Balaban J connectivity index is 0.00000112. The van der Waals surface area contributed by atoms with Crippen molar-refractivity contribution in [1.82, 2.24) is 4.98 Å². The summed E-state index contributed by atoms with van der Waals surface area (Å²) < 4.78 is 0.875. The lowest BCUT2D eigenvalue weighted by Crippen LogP contribution is -2.19. The molecule has 1 aliphatic carbocycles. The molecule has 1 aromatic heterocycles. The second kappa shape index (κ2) is 5.83. The van der Waals surface area contributed by atoms with Crippen LogP contribution in [-0.2, 0) is 0 Å². The maximum absolute atomic E-state index is 6.20. The molecule has 15 heavy (non-hydrogen) atoms. The van der Waals surface area contributed by atoms with Crippen LogP contribution in [0.2, 0.25) is 0 Å². The largest absolute Gasteiger partial charge is 0.324 e. The molecule has 2 rings (SSSR count). The molecule has 1 heterocycles. The van der Waals surface area contributed by atoms with Crippen LogP contribution in [0.4, 0.5) is 0 Å². The summed E-state index contributed by atoms with van der Waals surface area (Å²) in [6, 6.07) is 4.21. The Bertz CT molecular complexity index is 296. The van der Waals surface area contributed by atoms with Gasteiger partial charge in [0, 0.05) is 12.2 Å². The van der Waals surface area contributed by atoms with Crippen LogP contribution >= 0.6 is 28.3 Å². The van der Waals surface area contributed by atoms with Crippen molar-refractivity contribution in [3.05, 3.63) is 28.5 Å². The molecule has 2 nitrogen and oxygen atoms in total. The fraction of sp³-hybridized carbons (Fsp3) is 0.545. The Morgan fingerprint density at radius 2 is 2.00 bits per heavy atom. The van der Waals surface area contributed by atoms with Crippen LogP contribution in [0.3, 0.4) is 0 Å². The summed E-state index contributed by atoms with van der Waals surface area (Å²) in [7, 11) is 0. The Labute approximate surface area is 105 Å². The van der Waals surface area contributed by atoms with E-state index >= 15 is 0 Å². The molecule has 1 saturated carbocycles. The standard InChI is InChI=1S/C11H15BrN2.ClH/c12-10-6-5-9(7-14-10)11(13)8-3-1-2-4-8;/h5-8,11H,1-4,13H2;1H/t11-;/m1./s1. The highest BCUT2D eigenvalue weighted by molar-refractivity contribution is 9.10. The van der Waals surface area contributed by atoms with Crippen LogP contribution in [0, 0.1) is 5.92 Å². The number of pyridine rings is 1. The molecule has 4 heteroatoms. The van der Waals surface area contributed by atoms with Gasteiger partial charge in [-0.25, -0.2) is 4.98 Å². The van der Waals surface area contributed by atoms with Crippen LogP contribution in [0.25, 0.3) is 0 Å². The zero-order valence-corrected chi connectivity index (χ0v) is 10.9. The first-order chi connectivity index (χ1) is 6.77. The van der Waals surface area contributed by atoms with Crippen molar-refractivity contribution < 1.29 is 0 Å². The summed E-state index contributed by atoms with van der Waals surface area (Å²) in [5, 5.41) is 0. The summed E-state index contributed by atoms with van der Waals surface area (Å²) in [4.78, 5) is 4.21. The van der Waals surface area contributed by atoms with E-state index in [-0.39, 0.29) is 18.4 Å². The average molecular weight is 292 g/mol. The molecular weight excluding hydrogens is 275 g/mol. The minimum Gasteiger partial charge on any atom is -0.324 e. The van der Waals surface area contributed by atoms with Crippen LogP contribution in [0.1, 0.15) is 37.3 Å². The second-order valence-electron chi connectivity index (χ2n) is 3.98. The fourth-order valence-corrected chi connectivity index (χ4v) is 2.41. The predicted octanol–water partition coefficient (Wildman–Crippen LogP) is 3.46. The van der Waals surface area contributed by atoms with Gasteiger partial charge in [0.15, 0.2) is 0 Å². The third kappa shape index (κ3) is 3.16. The molecule has 1 atom stereocenters. The third-order valence-corrected chi connectivity index (χ3v) is 3.51. The van der Waals surface area contributed by atoms with Gasteiger partial charge < -0.3 is 5.73 Å². The number of nitrogens with two attached hydrogens (primary N) is 1. The topological polar surface area (TPSA) is 38.9 Å². The van der Waals surface area contributed by atoms with Crippen molar-refractivity contribution >= 4 is 28.3 Å². The number of hydrogen-bond acceptors (Lipinski definition) is 2. The fourth-order valence-electron chi connectivity index (χ4n) is 2.17. The van der Waals surface area contributed by atoms with Gasteiger partial charge in [-0.2, -0.15) is 0 Å². The molecule has 0 radical (unpaired) electrons. The van der Waals surface area contributed by atoms with Crippen molar-refractivity contribution in [3.63, 3.8) is 0 Å².